The molecular formula is C22H18ClF3N2O2. The normalized spacial score (nSPS) is 16.3. The van der Waals surface area contributed by atoms with Crippen molar-refractivity contribution < 1.29 is 23.4 Å². The second kappa shape index (κ2) is 8.85. The Kier molecular flexibility index (Phi) is 6.43. The number of rotatable bonds is 5. The van der Waals surface area contributed by atoms with E-state index in [2.05, 4.69) is 4.98 Å². The fraction of sp³-hybridized carbons (Fsp3) is 0.182. The molecule has 1 unspecified atom stereocenters. The Balaban J connectivity index is 2.08. The van der Waals surface area contributed by atoms with Crippen LogP contribution in [0.2, 0.25) is 5.02 Å². The van der Waals surface area contributed by atoms with Gasteiger partial charge in [0.2, 0.25) is 0 Å². The molecule has 4 nitrogen and oxygen atoms in total. The first kappa shape index (κ1) is 21.8. The molecule has 1 atom stereocenters. The number of benzene rings is 1. The van der Waals surface area contributed by atoms with E-state index in [9.17, 15) is 23.4 Å². The molecule has 3 N–H and O–H groups in total. The molecule has 0 bridgehead atoms. The van der Waals surface area contributed by atoms with Gasteiger partial charge in [-0.1, -0.05) is 42.0 Å². The Morgan fingerprint density at radius 2 is 1.90 bits per heavy atom. The summed E-state index contributed by atoms with van der Waals surface area (Å²) < 4.78 is 38.7. The predicted octanol–water partition coefficient (Wildman–Crippen LogP) is 5.97. The average Bonchev–Trinajstić information content (AvgIpc) is 2.73. The van der Waals surface area contributed by atoms with Crippen LogP contribution in [-0.4, -0.2) is 27.1 Å². The molecule has 2 aromatic rings. The van der Waals surface area contributed by atoms with E-state index in [-0.39, 0.29) is 41.0 Å². The number of aromatic nitrogens is 1. The second-order valence-electron chi connectivity index (χ2n) is 6.72. The van der Waals surface area contributed by atoms with Crippen LogP contribution in [0.15, 0.2) is 77.7 Å². The smallest absolute Gasteiger partial charge is 0.412 e. The number of aliphatic hydroxyl groups is 2. The number of hydrogen-bond donors (Lipinski definition) is 3. The molecule has 0 fully saturated rings. The lowest BCUT2D eigenvalue weighted by Crippen LogP contribution is -2.19. The third-order valence-electron chi connectivity index (χ3n) is 4.73. The van der Waals surface area contributed by atoms with E-state index >= 15 is 0 Å². The van der Waals surface area contributed by atoms with E-state index in [4.69, 9.17) is 17.0 Å². The van der Waals surface area contributed by atoms with Gasteiger partial charge in [0.05, 0.1) is 11.3 Å². The number of hydrogen-bond acceptors (Lipinski definition) is 4. The molecule has 1 aliphatic carbocycles. The molecule has 0 saturated carbocycles. The average molecular weight is 435 g/mol. The molecule has 0 amide bonds. The lowest BCUT2D eigenvalue weighted by molar-refractivity contribution is -0.0940. The molecule has 8 heteroatoms. The number of nitrogens with zero attached hydrogens (tertiary/aromatic N) is 1. The van der Waals surface area contributed by atoms with Crippen molar-refractivity contribution >= 4 is 23.1 Å². The van der Waals surface area contributed by atoms with Gasteiger partial charge in [0.15, 0.2) is 0 Å². The van der Waals surface area contributed by atoms with Crippen LogP contribution in [0.3, 0.4) is 0 Å². The maximum absolute atomic E-state index is 12.9. The summed E-state index contributed by atoms with van der Waals surface area (Å²) in [6.07, 6.45) is -1.15. The van der Waals surface area contributed by atoms with Crippen LogP contribution in [0.5, 0.6) is 0 Å². The Labute approximate surface area is 176 Å². The van der Waals surface area contributed by atoms with E-state index in [0.717, 1.165) is 6.08 Å². The van der Waals surface area contributed by atoms with Gasteiger partial charge < -0.3 is 15.6 Å². The first-order chi connectivity index (χ1) is 14.2. The molecule has 0 radical (unpaired) electrons. The number of nitrogens with one attached hydrogen (secondary N) is 1. The van der Waals surface area contributed by atoms with Gasteiger partial charge in [0.25, 0.3) is 0 Å². The van der Waals surface area contributed by atoms with E-state index in [1.807, 2.05) is 0 Å². The maximum atomic E-state index is 12.9. The standard InChI is InChI=1S/C22H18ClF3N2O2/c23-17-5-1-3-14(11-17)20(29)18(21(30)15-4-2-10-28-12-15)19(27)13-6-8-16(9-7-13)22(24,25)26/h1-6,8,10-12,21,27,29-30H,7,9H2/b20-18+,27-19?. The van der Waals surface area contributed by atoms with Crippen molar-refractivity contribution in [2.45, 2.75) is 25.1 Å². The van der Waals surface area contributed by atoms with E-state index in [1.165, 1.54) is 24.5 Å². The lowest BCUT2D eigenvalue weighted by Gasteiger charge is -2.22. The fourth-order valence-electron chi connectivity index (χ4n) is 3.14. The summed E-state index contributed by atoms with van der Waals surface area (Å²) in [6, 6.07) is 9.40. The number of alkyl halides is 3. The van der Waals surface area contributed by atoms with E-state index in [1.54, 1.807) is 30.3 Å². The SMILES string of the molecule is N=C(C1=CC=C(C(F)(F)F)CC1)/C(=C(\O)c1cccc(Cl)c1)C(O)c1cccnc1. The number of allylic oxidation sites excluding steroid dienone is 4. The van der Waals surface area contributed by atoms with Gasteiger partial charge in [-0.3, -0.25) is 4.98 Å². The number of pyridine rings is 1. The van der Waals surface area contributed by atoms with Crippen LogP contribution in [0.1, 0.15) is 30.1 Å². The highest BCUT2D eigenvalue weighted by Crippen LogP contribution is 2.36. The van der Waals surface area contributed by atoms with E-state index < -0.39 is 17.9 Å². The summed E-state index contributed by atoms with van der Waals surface area (Å²) in [5, 5.41) is 30.7. The fourth-order valence-corrected chi connectivity index (χ4v) is 3.33. The Hall–Kier alpha value is -2.90. The number of halogens is 4. The molecule has 1 aliphatic rings. The minimum absolute atomic E-state index is 0.0454. The third-order valence-corrected chi connectivity index (χ3v) is 4.97. The molecular weight excluding hydrogens is 417 g/mol. The molecule has 0 saturated heterocycles. The van der Waals surface area contributed by atoms with Gasteiger partial charge in [-0.15, -0.1) is 0 Å². The Bertz CT molecular complexity index is 1040. The maximum Gasteiger partial charge on any atom is 0.412 e. The third kappa shape index (κ3) is 4.80. The molecule has 3 rings (SSSR count). The van der Waals surface area contributed by atoms with Crippen LogP contribution in [0, 0.1) is 5.41 Å². The van der Waals surface area contributed by atoms with Crippen molar-refractivity contribution in [2.75, 3.05) is 0 Å². The highest BCUT2D eigenvalue weighted by atomic mass is 35.5. The van der Waals surface area contributed by atoms with Gasteiger partial charge >= 0.3 is 6.18 Å². The quantitative estimate of drug-likeness (QED) is 0.401. The van der Waals surface area contributed by atoms with Gasteiger partial charge in [-0.25, -0.2) is 0 Å². The summed E-state index contributed by atoms with van der Waals surface area (Å²) in [5.74, 6) is -0.384. The van der Waals surface area contributed by atoms with E-state index in [0.29, 0.717) is 10.6 Å². The van der Waals surface area contributed by atoms with Crippen molar-refractivity contribution in [2.24, 2.45) is 0 Å². The van der Waals surface area contributed by atoms with Crippen molar-refractivity contribution in [1.29, 1.82) is 5.41 Å². The van der Waals surface area contributed by atoms with Crippen molar-refractivity contribution in [3.05, 3.63) is 93.8 Å². The van der Waals surface area contributed by atoms with Crippen molar-refractivity contribution in [1.82, 2.24) is 4.98 Å². The summed E-state index contributed by atoms with van der Waals surface area (Å²) in [6.45, 7) is 0. The highest BCUT2D eigenvalue weighted by Gasteiger charge is 2.35. The first-order valence-corrected chi connectivity index (χ1v) is 9.39. The summed E-state index contributed by atoms with van der Waals surface area (Å²) in [4.78, 5) is 3.94. The van der Waals surface area contributed by atoms with Gasteiger partial charge in [-0.05, 0) is 36.6 Å². The topological polar surface area (TPSA) is 77.2 Å². The zero-order valence-electron chi connectivity index (χ0n) is 15.6. The molecule has 1 heterocycles. The molecule has 0 spiro atoms. The molecule has 30 heavy (non-hydrogen) atoms. The minimum atomic E-state index is -4.43. The van der Waals surface area contributed by atoms with Crippen LogP contribution < -0.4 is 0 Å². The molecule has 156 valence electrons. The first-order valence-electron chi connectivity index (χ1n) is 9.01. The van der Waals surface area contributed by atoms with Crippen LogP contribution in [0.25, 0.3) is 5.76 Å². The Morgan fingerprint density at radius 3 is 2.47 bits per heavy atom. The summed E-state index contributed by atoms with van der Waals surface area (Å²) in [7, 11) is 0. The molecule has 0 aliphatic heterocycles. The number of aliphatic hydroxyl groups excluding tert-OH is 2. The van der Waals surface area contributed by atoms with Crippen LogP contribution in [-0.2, 0) is 0 Å². The summed E-state index contributed by atoms with van der Waals surface area (Å²) >= 11 is 5.99. The van der Waals surface area contributed by atoms with Crippen molar-refractivity contribution in [3.8, 4) is 0 Å². The largest absolute Gasteiger partial charge is 0.507 e. The molecule has 1 aromatic carbocycles. The zero-order chi connectivity index (χ0) is 21.9. The zero-order valence-corrected chi connectivity index (χ0v) is 16.4. The second-order valence-corrected chi connectivity index (χ2v) is 7.15. The van der Waals surface area contributed by atoms with Gasteiger partial charge in [-0.2, -0.15) is 13.2 Å². The summed E-state index contributed by atoms with van der Waals surface area (Å²) in [5.41, 5.74) is -0.200. The van der Waals surface area contributed by atoms with Crippen LogP contribution in [0.4, 0.5) is 13.2 Å². The monoisotopic (exact) mass is 434 g/mol. The lowest BCUT2D eigenvalue weighted by atomic mass is 9.87. The van der Waals surface area contributed by atoms with Gasteiger partial charge in [0.1, 0.15) is 11.9 Å². The van der Waals surface area contributed by atoms with Gasteiger partial charge in [0, 0.05) is 34.1 Å². The Morgan fingerprint density at radius 1 is 1.13 bits per heavy atom. The highest BCUT2D eigenvalue weighted by molar-refractivity contribution is 6.30. The molecule has 1 aromatic heterocycles. The van der Waals surface area contributed by atoms with Crippen LogP contribution >= 0.6 is 11.6 Å². The predicted molar refractivity (Wildman–Crippen MR) is 109 cm³/mol. The van der Waals surface area contributed by atoms with Crippen molar-refractivity contribution in [3.63, 3.8) is 0 Å². The minimum Gasteiger partial charge on any atom is -0.507 e.